The average Bonchev–Trinajstić information content (AvgIpc) is 3.24. The van der Waals surface area contributed by atoms with E-state index in [1.165, 1.54) is 0 Å². The van der Waals surface area contributed by atoms with Gasteiger partial charge in [-0.3, -0.25) is 4.79 Å². The molecule has 1 fully saturated rings. The SMILES string of the molecule is COc1cccc(-n2nnc(C(=O)N[C@@H](C)[C@H]3CCCO3)c2C)c1. The number of benzene rings is 1. The molecule has 0 saturated carbocycles. The highest BCUT2D eigenvalue weighted by atomic mass is 16.5. The van der Waals surface area contributed by atoms with Gasteiger partial charge in [-0.2, -0.15) is 0 Å². The molecule has 2 aromatic rings. The zero-order valence-electron chi connectivity index (χ0n) is 14.2. The second kappa shape index (κ2) is 7.00. The molecule has 1 aliphatic rings. The van der Waals surface area contributed by atoms with Crippen molar-refractivity contribution < 1.29 is 14.3 Å². The molecule has 1 aromatic carbocycles. The number of hydrogen-bond donors (Lipinski definition) is 1. The molecule has 1 saturated heterocycles. The summed E-state index contributed by atoms with van der Waals surface area (Å²) in [7, 11) is 1.61. The number of rotatable bonds is 5. The minimum Gasteiger partial charge on any atom is -0.497 e. The van der Waals surface area contributed by atoms with Gasteiger partial charge in [0.25, 0.3) is 5.91 Å². The maximum Gasteiger partial charge on any atom is 0.274 e. The summed E-state index contributed by atoms with van der Waals surface area (Å²) in [5, 5.41) is 11.1. The molecule has 0 spiro atoms. The van der Waals surface area contributed by atoms with Crippen LogP contribution in [0.2, 0.25) is 0 Å². The van der Waals surface area contributed by atoms with E-state index in [2.05, 4.69) is 15.6 Å². The fraction of sp³-hybridized carbons (Fsp3) is 0.471. The third-order valence-electron chi connectivity index (χ3n) is 4.29. The number of nitrogens with one attached hydrogen (secondary N) is 1. The van der Waals surface area contributed by atoms with Crippen LogP contribution in [0.15, 0.2) is 24.3 Å². The normalized spacial score (nSPS) is 18.4. The third kappa shape index (κ3) is 3.26. The van der Waals surface area contributed by atoms with Crippen LogP contribution < -0.4 is 10.1 Å². The smallest absolute Gasteiger partial charge is 0.274 e. The lowest BCUT2D eigenvalue weighted by Crippen LogP contribution is -2.41. The Hall–Kier alpha value is -2.41. The van der Waals surface area contributed by atoms with E-state index in [-0.39, 0.29) is 18.1 Å². The summed E-state index contributed by atoms with van der Waals surface area (Å²) in [5.41, 5.74) is 1.80. The lowest BCUT2D eigenvalue weighted by molar-refractivity contribution is 0.0709. The summed E-state index contributed by atoms with van der Waals surface area (Å²) in [6.45, 7) is 4.54. The van der Waals surface area contributed by atoms with Gasteiger partial charge in [0.15, 0.2) is 5.69 Å². The van der Waals surface area contributed by atoms with Crippen LogP contribution >= 0.6 is 0 Å². The second-order valence-corrected chi connectivity index (χ2v) is 5.95. The molecule has 0 bridgehead atoms. The number of hydrogen-bond acceptors (Lipinski definition) is 5. The number of amides is 1. The van der Waals surface area contributed by atoms with E-state index >= 15 is 0 Å². The Morgan fingerprint density at radius 2 is 2.33 bits per heavy atom. The van der Waals surface area contributed by atoms with Crippen molar-refractivity contribution in [3.63, 3.8) is 0 Å². The molecule has 1 N–H and O–H groups in total. The van der Waals surface area contributed by atoms with Gasteiger partial charge < -0.3 is 14.8 Å². The first kappa shape index (κ1) is 16.4. The summed E-state index contributed by atoms with van der Waals surface area (Å²) in [5.74, 6) is 0.491. The van der Waals surface area contributed by atoms with Crippen molar-refractivity contribution in [2.75, 3.05) is 13.7 Å². The molecule has 0 unspecified atom stereocenters. The molecule has 7 nitrogen and oxygen atoms in total. The predicted octanol–water partition coefficient (Wildman–Crippen LogP) is 1.88. The Morgan fingerprint density at radius 1 is 1.50 bits per heavy atom. The van der Waals surface area contributed by atoms with Crippen molar-refractivity contribution in [2.45, 2.75) is 38.8 Å². The summed E-state index contributed by atoms with van der Waals surface area (Å²) < 4.78 is 12.5. The minimum absolute atomic E-state index is 0.0543. The van der Waals surface area contributed by atoms with Gasteiger partial charge in [0.2, 0.25) is 0 Å². The van der Waals surface area contributed by atoms with Gasteiger partial charge in [0.05, 0.1) is 30.6 Å². The number of carbonyl (C=O) groups excluding carboxylic acids is 1. The van der Waals surface area contributed by atoms with E-state index < -0.39 is 0 Å². The van der Waals surface area contributed by atoms with Crippen molar-refractivity contribution in [3.05, 3.63) is 35.7 Å². The molecule has 2 atom stereocenters. The molecule has 7 heteroatoms. The Morgan fingerprint density at radius 3 is 3.04 bits per heavy atom. The number of aromatic nitrogens is 3. The maximum absolute atomic E-state index is 12.5. The van der Waals surface area contributed by atoms with Gasteiger partial charge >= 0.3 is 0 Å². The molecular weight excluding hydrogens is 308 g/mol. The van der Waals surface area contributed by atoms with Crippen LogP contribution in [0.5, 0.6) is 5.75 Å². The fourth-order valence-corrected chi connectivity index (χ4v) is 2.89. The van der Waals surface area contributed by atoms with Crippen LogP contribution in [0.1, 0.15) is 35.9 Å². The van der Waals surface area contributed by atoms with Crippen LogP contribution in [0, 0.1) is 6.92 Å². The van der Waals surface area contributed by atoms with Gasteiger partial charge in [-0.25, -0.2) is 4.68 Å². The molecule has 0 aliphatic carbocycles. The predicted molar refractivity (Wildman–Crippen MR) is 88.6 cm³/mol. The topological polar surface area (TPSA) is 78.3 Å². The highest BCUT2D eigenvalue weighted by Gasteiger charge is 2.26. The van der Waals surface area contributed by atoms with E-state index in [0.29, 0.717) is 11.4 Å². The fourth-order valence-electron chi connectivity index (χ4n) is 2.89. The summed E-state index contributed by atoms with van der Waals surface area (Å²) in [4.78, 5) is 12.5. The third-order valence-corrected chi connectivity index (χ3v) is 4.29. The first-order valence-corrected chi connectivity index (χ1v) is 8.09. The molecule has 2 heterocycles. The van der Waals surface area contributed by atoms with Crippen LogP contribution in [0.4, 0.5) is 0 Å². The lowest BCUT2D eigenvalue weighted by Gasteiger charge is -2.19. The number of nitrogens with zero attached hydrogens (tertiary/aromatic N) is 3. The van der Waals surface area contributed by atoms with E-state index in [0.717, 1.165) is 30.9 Å². The number of ether oxygens (including phenoxy) is 2. The molecule has 128 valence electrons. The highest BCUT2D eigenvalue weighted by Crippen LogP contribution is 2.19. The first-order chi connectivity index (χ1) is 11.6. The van der Waals surface area contributed by atoms with Crippen molar-refractivity contribution in [1.29, 1.82) is 0 Å². The Kier molecular flexibility index (Phi) is 4.80. The maximum atomic E-state index is 12.5. The quantitative estimate of drug-likeness (QED) is 0.905. The van der Waals surface area contributed by atoms with Crippen molar-refractivity contribution in [1.82, 2.24) is 20.3 Å². The molecule has 1 aliphatic heterocycles. The van der Waals surface area contributed by atoms with Gasteiger partial charge in [-0.1, -0.05) is 11.3 Å². The van der Waals surface area contributed by atoms with Crippen LogP contribution in [0.3, 0.4) is 0 Å². The molecule has 1 aromatic heterocycles. The average molecular weight is 330 g/mol. The largest absolute Gasteiger partial charge is 0.497 e. The lowest BCUT2D eigenvalue weighted by atomic mass is 10.1. The number of methoxy groups -OCH3 is 1. The van der Waals surface area contributed by atoms with E-state index in [9.17, 15) is 4.79 Å². The summed E-state index contributed by atoms with van der Waals surface area (Å²) >= 11 is 0. The van der Waals surface area contributed by atoms with Crippen LogP contribution in [-0.2, 0) is 4.74 Å². The molecule has 3 rings (SSSR count). The van der Waals surface area contributed by atoms with Crippen molar-refractivity contribution in [3.8, 4) is 11.4 Å². The van der Waals surface area contributed by atoms with E-state index in [1.54, 1.807) is 11.8 Å². The zero-order valence-corrected chi connectivity index (χ0v) is 14.2. The standard InChI is InChI=1S/C17H22N4O3/c1-11(15-8-5-9-24-15)18-17(22)16-12(2)21(20-19-16)13-6-4-7-14(10-13)23-3/h4,6-7,10-11,15H,5,8-9H2,1-3H3,(H,18,22)/t11-,15+/m0/s1. The minimum atomic E-state index is -0.232. The molecule has 0 radical (unpaired) electrons. The Balaban J connectivity index is 1.77. The number of carbonyl (C=O) groups is 1. The van der Waals surface area contributed by atoms with Gasteiger partial charge in [-0.05, 0) is 38.8 Å². The molecular formula is C17H22N4O3. The van der Waals surface area contributed by atoms with Crippen molar-refractivity contribution >= 4 is 5.91 Å². The van der Waals surface area contributed by atoms with Gasteiger partial charge in [0.1, 0.15) is 5.75 Å². The van der Waals surface area contributed by atoms with Crippen LogP contribution in [-0.4, -0.2) is 46.8 Å². The van der Waals surface area contributed by atoms with E-state index in [1.807, 2.05) is 38.1 Å². The van der Waals surface area contributed by atoms with Gasteiger partial charge in [-0.15, -0.1) is 5.10 Å². The first-order valence-electron chi connectivity index (χ1n) is 8.09. The molecule has 1 amide bonds. The Labute approximate surface area is 141 Å². The van der Waals surface area contributed by atoms with Crippen LogP contribution in [0.25, 0.3) is 5.69 Å². The van der Waals surface area contributed by atoms with Crippen molar-refractivity contribution in [2.24, 2.45) is 0 Å². The van der Waals surface area contributed by atoms with E-state index in [4.69, 9.17) is 9.47 Å². The summed E-state index contributed by atoms with van der Waals surface area (Å²) in [6.07, 6.45) is 2.08. The highest BCUT2D eigenvalue weighted by molar-refractivity contribution is 5.93. The monoisotopic (exact) mass is 330 g/mol. The molecule has 24 heavy (non-hydrogen) atoms. The summed E-state index contributed by atoms with van der Waals surface area (Å²) in [6, 6.07) is 7.40. The zero-order chi connectivity index (χ0) is 17.1. The second-order valence-electron chi connectivity index (χ2n) is 5.95. The van der Waals surface area contributed by atoms with Gasteiger partial charge in [0, 0.05) is 12.7 Å². The Bertz CT molecular complexity index is 722.